The van der Waals surface area contributed by atoms with Gasteiger partial charge in [0, 0.05) is 23.1 Å². The van der Waals surface area contributed by atoms with Crippen molar-refractivity contribution in [1.29, 1.82) is 0 Å². The van der Waals surface area contributed by atoms with Crippen molar-refractivity contribution in [2.24, 2.45) is 0 Å². The average Bonchev–Trinajstić information content (AvgIpc) is 2.34. The van der Waals surface area contributed by atoms with E-state index in [0.29, 0.717) is 5.15 Å². The van der Waals surface area contributed by atoms with Crippen LogP contribution in [-0.4, -0.2) is 9.97 Å². The minimum Gasteiger partial charge on any atom is -0.237 e. The van der Waals surface area contributed by atoms with E-state index in [4.69, 9.17) is 11.6 Å². The highest BCUT2D eigenvalue weighted by molar-refractivity contribution is 6.30. The number of benzene rings is 1. The number of halogens is 1. The van der Waals surface area contributed by atoms with E-state index in [-0.39, 0.29) is 5.41 Å². The predicted molar refractivity (Wildman–Crippen MR) is 84.5 cm³/mol. The summed E-state index contributed by atoms with van der Waals surface area (Å²) >= 11 is 6.39. The SMILES string of the molecule is Cc1ccccc1Cc1c(C)nc(C(C)(C)C)nc1Cl. The van der Waals surface area contributed by atoms with E-state index in [1.807, 2.05) is 13.0 Å². The predicted octanol–water partition coefficient (Wildman–Crippen LogP) is 4.64. The third kappa shape index (κ3) is 3.18. The van der Waals surface area contributed by atoms with Crippen molar-refractivity contribution in [1.82, 2.24) is 9.97 Å². The zero-order chi connectivity index (χ0) is 14.9. The lowest BCUT2D eigenvalue weighted by molar-refractivity contribution is 0.542. The largest absolute Gasteiger partial charge is 0.237 e. The van der Waals surface area contributed by atoms with Crippen LogP contribution < -0.4 is 0 Å². The highest BCUT2D eigenvalue weighted by Crippen LogP contribution is 2.26. The molecule has 1 aromatic carbocycles. The lowest BCUT2D eigenvalue weighted by atomic mass is 9.95. The summed E-state index contributed by atoms with van der Waals surface area (Å²) in [5.41, 5.74) is 4.44. The van der Waals surface area contributed by atoms with Crippen LogP contribution in [0.5, 0.6) is 0 Å². The molecular weight excluding hydrogens is 268 g/mol. The maximum absolute atomic E-state index is 6.39. The molecule has 0 bridgehead atoms. The van der Waals surface area contributed by atoms with Gasteiger partial charge in [-0.2, -0.15) is 0 Å². The van der Waals surface area contributed by atoms with Gasteiger partial charge in [-0.05, 0) is 25.0 Å². The minimum atomic E-state index is -0.0877. The fraction of sp³-hybridized carbons (Fsp3) is 0.412. The van der Waals surface area contributed by atoms with E-state index in [0.717, 1.165) is 23.5 Å². The standard InChI is InChI=1S/C17H21ClN2/c1-11-8-6-7-9-13(11)10-14-12(2)19-16(17(3,4)5)20-15(14)18/h6-9H,10H2,1-5H3. The Morgan fingerprint density at radius 1 is 1.05 bits per heavy atom. The molecule has 0 N–H and O–H groups in total. The van der Waals surface area contributed by atoms with Crippen molar-refractivity contribution in [3.8, 4) is 0 Å². The summed E-state index contributed by atoms with van der Waals surface area (Å²) < 4.78 is 0. The quantitative estimate of drug-likeness (QED) is 0.753. The average molecular weight is 289 g/mol. The number of rotatable bonds is 2. The summed E-state index contributed by atoms with van der Waals surface area (Å²) in [6, 6.07) is 8.34. The summed E-state index contributed by atoms with van der Waals surface area (Å²) in [5, 5.41) is 0.575. The van der Waals surface area contributed by atoms with Crippen molar-refractivity contribution >= 4 is 11.6 Å². The molecule has 0 fully saturated rings. The lowest BCUT2D eigenvalue weighted by Gasteiger charge is -2.19. The van der Waals surface area contributed by atoms with Crippen LogP contribution in [0.3, 0.4) is 0 Å². The van der Waals surface area contributed by atoms with E-state index in [1.54, 1.807) is 0 Å². The van der Waals surface area contributed by atoms with Crippen molar-refractivity contribution in [2.75, 3.05) is 0 Å². The molecule has 0 aliphatic rings. The van der Waals surface area contributed by atoms with Crippen LogP contribution in [0.1, 0.15) is 49.0 Å². The molecule has 20 heavy (non-hydrogen) atoms. The first-order valence-corrected chi connectivity index (χ1v) is 7.25. The Kier molecular flexibility index (Phi) is 4.14. The molecular formula is C17H21ClN2. The fourth-order valence-corrected chi connectivity index (χ4v) is 2.38. The van der Waals surface area contributed by atoms with Gasteiger partial charge in [-0.25, -0.2) is 9.97 Å². The number of hydrogen-bond donors (Lipinski definition) is 0. The van der Waals surface area contributed by atoms with Crippen LogP contribution in [-0.2, 0) is 11.8 Å². The summed E-state index contributed by atoms with van der Waals surface area (Å²) in [6.07, 6.45) is 0.780. The van der Waals surface area contributed by atoms with Crippen LogP contribution >= 0.6 is 11.6 Å². The Morgan fingerprint density at radius 2 is 1.70 bits per heavy atom. The number of aromatic nitrogens is 2. The fourth-order valence-electron chi connectivity index (χ4n) is 2.10. The third-order valence-electron chi connectivity index (χ3n) is 3.46. The second kappa shape index (κ2) is 5.53. The topological polar surface area (TPSA) is 25.8 Å². The summed E-state index contributed by atoms with van der Waals surface area (Å²) in [4.78, 5) is 9.12. The molecule has 1 aromatic heterocycles. The van der Waals surface area contributed by atoms with Gasteiger partial charge in [0.2, 0.25) is 0 Å². The molecule has 0 spiro atoms. The highest BCUT2D eigenvalue weighted by atomic mass is 35.5. The second-order valence-corrected chi connectivity index (χ2v) is 6.61. The maximum atomic E-state index is 6.39. The maximum Gasteiger partial charge on any atom is 0.136 e. The van der Waals surface area contributed by atoms with E-state index in [1.165, 1.54) is 11.1 Å². The first-order chi connectivity index (χ1) is 9.29. The van der Waals surface area contributed by atoms with Crippen LogP contribution in [0.4, 0.5) is 0 Å². The van der Waals surface area contributed by atoms with Crippen LogP contribution in [0.2, 0.25) is 5.15 Å². The van der Waals surface area contributed by atoms with E-state index >= 15 is 0 Å². The van der Waals surface area contributed by atoms with Gasteiger partial charge in [-0.3, -0.25) is 0 Å². The Balaban J connectivity index is 2.42. The first-order valence-electron chi connectivity index (χ1n) is 6.87. The summed E-state index contributed by atoms with van der Waals surface area (Å²) in [6.45, 7) is 10.4. The van der Waals surface area contributed by atoms with Crippen LogP contribution in [0.15, 0.2) is 24.3 Å². The van der Waals surface area contributed by atoms with Gasteiger partial charge in [0.05, 0.1) is 0 Å². The van der Waals surface area contributed by atoms with Crippen molar-refractivity contribution in [3.63, 3.8) is 0 Å². The molecule has 0 radical (unpaired) electrons. The molecule has 2 rings (SSSR count). The van der Waals surface area contributed by atoms with Gasteiger partial charge in [0.25, 0.3) is 0 Å². The molecule has 0 saturated heterocycles. The number of aryl methyl sites for hydroxylation is 2. The third-order valence-corrected chi connectivity index (χ3v) is 3.78. The van der Waals surface area contributed by atoms with Gasteiger partial charge in [-0.1, -0.05) is 56.6 Å². The first kappa shape index (κ1) is 15.0. The van der Waals surface area contributed by atoms with Crippen molar-refractivity contribution < 1.29 is 0 Å². The lowest BCUT2D eigenvalue weighted by Crippen LogP contribution is -2.18. The molecule has 106 valence electrons. The molecule has 0 unspecified atom stereocenters. The van der Waals surface area contributed by atoms with Gasteiger partial charge in [0.1, 0.15) is 11.0 Å². The summed E-state index contributed by atoms with van der Waals surface area (Å²) in [7, 11) is 0. The monoisotopic (exact) mass is 288 g/mol. The van der Waals surface area contributed by atoms with Gasteiger partial charge < -0.3 is 0 Å². The number of hydrogen-bond acceptors (Lipinski definition) is 2. The van der Waals surface area contributed by atoms with Crippen molar-refractivity contribution in [2.45, 2.75) is 46.5 Å². The van der Waals surface area contributed by atoms with E-state index in [9.17, 15) is 0 Å². The van der Waals surface area contributed by atoms with Crippen LogP contribution in [0.25, 0.3) is 0 Å². The zero-order valence-corrected chi connectivity index (χ0v) is 13.5. The Labute approximate surface area is 126 Å². The van der Waals surface area contributed by atoms with E-state index in [2.05, 4.69) is 55.9 Å². The highest BCUT2D eigenvalue weighted by Gasteiger charge is 2.20. The molecule has 3 heteroatoms. The molecule has 2 aromatic rings. The smallest absolute Gasteiger partial charge is 0.136 e. The molecule has 0 aliphatic heterocycles. The molecule has 0 saturated carbocycles. The second-order valence-electron chi connectivity index (χ2n) is 6.26. The van der Waals surface area contributed by atoms with Gasteiger partial charge in [-0.15, -0.1) is 0 Å². The zero-order valence-electron chi connectivity index (χ0n) is 12.8. The van der Waals surface area contributed by atoms with E-state index < -0.39 is 0 Å². The summed E-state index contributed by atoms with van der Waals surface area (Å²) in [5.74, 6) is 0.800. The molecule has 0 aliphatic carbocycles. The Hall–Kier alpha value is -1.41. The van der Waals surface area contributed by atoms with Gasteiger partial charge in [0.15, 0.2) is 0 Å². The molecule has 0 amide bonds. The normalized spacial score (nSPS) is 11.7. The Bertz CT molecular complexity index is 604. The molecule has 2 nitrogen and oxygen atoms in total. The van der Waals surface area contributed by atoms with Gasteiger partial charge >= 0.3 is 0 Å². The number of nitrogens with zero attached hydrogens (tertiary/aromatic N) is 2. The van der Waals surface area contributed by atoms with Crippen molar-refractivity contribution in [3.05, 3.63) is 57.6 Å². The molecule has 1 heterocycles. The molecule has 0 atom stereocenters. The van der Waals surface area contributed by atoms with Crippen LogP contribution in [0, 0.1) is 13.8 Å². The Morgan fingerprint density at radius 3 is 2.25 bits per heavy atom. The minimum absolute atomic E-state index is 0.0877.